The van der Waals surface area contributed by atoms with Crippen molar-refractivity contribution in [2.75, 3.05) is 32.3 Å². The van der Waals surface area contributed by atoms with E-state index < -0.39 is 44.1 Å². The van der Waals surface area contributed by atoms with Gasteiger partial charge >= 0.3 is 19.5 Å². The normalized spacial score (nSPS) is 15.9. The summed E-state index contributed by atoms with van der Waals surface area (Å²) in [6.07, 6.45) is -2.06. The first-order valence-electron chi connectivity index (χ1n) is 6.32. The number of aliphatic carboxylic acids is 2. The average molecular weight is 341 g/mol. The maximum Gasteiger partial charge on any atom is 0.334 e. The Labute approximate surface area is 126 Å². The second-order valence-corrected chi connectivity index (χ2v) is 6.02. The van der Waals surface area contributed by atoms with Gasteiger partial charge in [-0.25, -0.2) is 4.79 Å². The molecule has 0 aromatic carbocycles. The zero-order chi connectivity index (χ0) is 17.2. The molecule has 0 saturated carbocycles. The van der Waals surface area contributed by atoms with Gasteiger partial charge in [0.15, 0.2) is 0 Å². The number of carboxylic acids is 2. The predicted molar refractivity (Wildman–Crippen MR) is 74.5 cm³/mol. The lowest BCUT2D eigenvalue weighted by Crippen LogP contribution is -2.43. The smallest absolute Gasteiger partial charge is 0.334 e. The minimum atomic E-state index is -4.59. The van der Waals surface area contributed by atoms with Crippen molar-refractivity contribution >= 4 is 25.4 Å². The van der Waals surface area contributed by atoms with Crippen LogP contribution in [0.3, 0.4) is 0 Å². The largest absolute Gasteiger partial charge is 0.481 e. The van der Waals surface area contributed by atoms with Crippen LogP contribution in [0.15, 0.2) is 0 Å². The van der Waals surface area contributed by atoms with Gasteiger partial charge in [-0.15, -0.1) is 0 Å². The van der Waals surface area contributed by atoms with Gasteiger partial charge in [0.2, 0.25) is 5.91 Å². The molecule has 1 heterocycles. The second-order valence-electron chi connectivity index (χ2n) is 4.38. The van der Waals surface area contributed by atoms with Gasteiger partial charge in [-0.3, -0.25) is 14.2 Å². The third-order valence-electron chi connectivity index (χ3n) is 2.32. The summed E-state index contributed by atoms with van der Waals surface area (Å²) < 4.78 is 10.4. The summed E-state index contributed by atoms with van der Waals surface area (Å²) in [7, 11) is -4.59. The first-order chi connectivity index (χ1) is 10.1. The van der Waals surface area contributed by atoms with Gasteiger partial charge in [-0.05, 0) is 0 Å². The van der Waals surface area contributed by atoms with Crippen molar-refractivity contribution in [2.45, 2.75) is 12.5 Å². The van der Waals surface area contributed by atoms with E-state index in [9.17, 15) is 18.9 Å². The maximum atomic E-state index is 10.9. The fourth-order valence-electron chi connectivity index (χ4n) is 1.41. The van der Waals surface area contributed by atoms with Crippen LogP contribution in [-0.4, -0.2) is 76.2 Å². The highest BCUT2D eigenvalue weighted by molar-refractivity contribution is 7.52. The van der Waals surface area contributed by atoms with Crippen LogP contribution in [0.1, 0.15) is 6.42 Å². The van der Waals surface area contributed by atoms with Gasteiger partial charge in [0.05, 0.1) is 6.42 Å². The minimum absolute atomic E-state index is 0.873. The fourth-order valence-corrected chi connectivity index (χ4v) is 1.87. The topological polar surface area (TPSA) is 185 Å². The molecule has 1 rings (SSSR count). The number of hydrogen-bond donors (Lipinski definition) is 7. The molecule has 128 valence electrons. The van der Waals surface area contributed by atoms with E-state index >= 15 is 0 Å². The molecule has 0 radical (unpaired) electrons. The van der Waals surface area contributed by atoms with E-state index in [0.29, 0.717) is 0 Å². The number of hydrogen-bond acceptors (Lipinski definition) is 6. The van der Waals surface area contributed by atoms with Crippen LogP contribution in [-0.2, 0) is 18.9 Å². The summed E-state index contributed by atoms with van der Waals surface area (Å²) >= 11 is 0. The first kappa shape index (κ1) is 20.5. The van der Waals surface area contributed by atoms with Gasteiger partial charge in [0, 0.05) is 26.2 Å². The lowest BCUT2D eigenvalue weighted by molar-refractivity contribution is -0.147. The zero-order valence-electron chi connectivity index (χ0n) is 11.7. The zero-order valence-corrected chi connectivity index (χ0v) is 12.6. The van der Waals surface area contributed by atoms with Crippen molar-refractivity contribution in [3.05, 3.63) is 0 Å². The average Bonchev–Trinajstić information content (AvgIpc) is 2.38. The van der Waals surface area contributed by atoms with Gasteiger partial charge in [0.1, 0.15) is 12.2 Å². The van der Waals surface area contributed by atoms with Crippen LogP contribution in [0.2, 0.25) is 0 Å². The van der Waals surface area contributed by atoms with Crippen LogP contribution < -0.4 is 16.0 Å². The molecule has 0 bridgehead atoms. The van der Waals surface area contributed by atoms with Gasteiger partial charge in [0.25, 0.3) is 0 Å². The van der Waals surface area contributed by atoms with Crippen LogP contribution >= 0.6 is 7.60 Å². The number of amides is 1. The van der Waals surface area contributed by atoms with Gasteiger partial charge < -0.3 is 36.0 Å². The van der Waals surface area contributed by atoms with E-state index in [2.05, 4.69) is 10.6 Å². The molecular weight excluding hydrogens is 321 g/mol. The highest BCUT2D eigenvalue weighted by atomic mass is 31.2. The maximum absolute atomic E-state index is 10.9. The Kier molecular flexibility index (Phi) is 9.54. The Bertz CT molecular complexity index is 422. The minimum Gasteiger partial charge on any atom is -0.481 e. The molecule has 1 fully saturated rings. The first-order valence-corrected chi connectivity index (χ1v) is 8.11. The Balaban J connectivity index is 0.000000604. The number of nitrogens with one attached hydrogen (secondary N) is 3. The fraction of sp³-hybridized carbons (Fsp3) is 0.700. The molecule has 7 N–H and O–H groups in total. The SMILES string of the molecule is C1CNCCN1.O=C(O)CC(NC(=O)CP(=O)(O)O)C(=O)O. The quantitative estimate of drug-likeness (QED) is 0.252. The molecule has 0 spiro atoms. The molecule has 1 aliphatic rings. The van der Waals surface area contributed by atoms with Crippen LogP contribution in [0.5, 0.6) is 0 Å². The summed E-state index contributed by atoms with van der Waals surface area (Å²) in [5, 5.41) is 24.9. The standard InChI is InChI=1S/C6H10NO8P.C4H10N2/c8-4(2-16(13,14)15)7-3(6(11)12)1-5(9)10;1-2-6-4-3-5-1/h3H,1-2H2,(H,7,8)(H,9,10)(H,11,12)(H2,13,14,15);5-6H,1-4H2. The third kappa shape index (κ3) is 12.2. The van der Waals surface area contributed by atoms with Gasteiger partial charge in [-0.2, -0.15) is 0 Å². The van der Waals surface area contributed by atoms with E-state index in [4.69, 9.17) is 20.0 Å². The lowest BCUT2D eigenvalue weighted by atomic mass is 10.2. The Hall–Kier alpha value is -1.52. The number of carbonyl (C=O) groups excluding carboxylic acids is 1. The van der Waals surface area contributed by atoms with Crippen LogP contribution in [0.25, 0.3) is 0 Å². The monoisotopic (exact) mass is 341 g/mol. The molecule has 0 aliphatic carbocycles. The van der Waals surface area contributed by atoms with E-state index in [1.807, 2.05) is 0 Å². The number of carboxylic acid groups (broad SMARTS) is 2. The lowest BCUT2D eigenvalue weighted by Gasteiger charge is -2.12. The van der Waals surface area contributed by atoms with Crippen molar-refractivity contribution < 1.29 is 38.9 Å². The van der Waals surface area contributed by atoms with Crippen molar-refractivity contribution in [3.8, 4) is 0 Å². The Morgan fingerprint density at radius 3 is 1.77 bits per heavy atom. The summed E-state index contributed by atoms with van der Waals surface area (Å²) in [4.78, 5) is 48.4. The molecule has 1 aliphatic heterocycles. The third-order valence-corrected chi connectivity index (χ3v) is 3.02. The molecule has 1 atom stereocenters. The van der Waals surface area contributed by atoms with Crippen molar-refractivity contribution in [2.24, 2.45) is 0 Å². The van der Waals surface area contributed by atoms with Crippen molar-refractivity contribution in [1.82, 2.24) is 16.0 Å². The summed E-state index contributed by atoms with van der Waals surface area (Å²) in [5.74, 6) is -4.27. The summed E-state index contributed by atoms with van der Waals surface area (Å²) in [5.41, 5.74) is 0. The molecule has 0 aromatic heterocycles. The highest BCUT2D eigenvalue weighted by Gasteiger charge is 2.26. The number of rotatable bonds is 6. The molecule has 12 heteroatoms. The molecule has 1 saturated heterocycles. The number of piperazine rings is 1. The van der Waals surface area contributed by atoms with Crippen molar-refractivity contribution in [1.29, 1.82) is 0 Å². The number of carbonyl (C=O) groups is 3. The molecular formula is C10H20N3O8P. The van der Waals surface area contributed by atoms with Gasteiger partial charge in [-0.1, -0.05) is 0 Å². The predicted octanol–water partition coefficient (Wildman–Crippen LogP) is -2.61. The summed E-state index contributed by atoms with van der Waals surface area (Å²) in [6, 6.07) is -1.71. The molecule has 1 unspecified atom stereocenters. The Morgan fingerprint density at radius 2 is 1.50 bits per heavy atom. The van der Waals surface area contributed by atoms with Crippen molar-refractivity contribution in [3.63, 3.8) is 0 Å². The van der Waals surface area contributed by atoms with E-state index in [1.54, 1.807) is 5.32 Å². The molecule has 1 amide bonds. The molecule has 11 nitrogen and oxygen atoms in total. The van der Waals surface area contributed by atoms with E-state index in [-0.39, 0.29) is 0 Å². The van der Waals surface area contributed by atoms with Crippen LogP contribution in [0.4, 0.5) is 0 Å². The molecule has 0 aromatic rings. The van der Waals surface area contributed by atoms with E-state index in [0.717, 1.165) is 26.2 Å². The second kappa shape index (κ2) is 10.2. The summed E-state index contributed by atoms with van der Waals surface area (Å²) in [6.45, 7) is 4.56. The van der Waals surface area contributed by atoms with E-state index in [1.165, 1.54) is 0 Å². The molecule has 22 heavy (non-hydrogen) atoms. The Morgan fingerprint density at radius 1 is 1.05 bits per heavy atom. The highest BCUT2D eigenvalue weighted by Crippen LogP contribution is 2.33. The van der Waals surface area contributed by atoms with Crippen LogP contribution in [0, 0.1) is 0 Å².